The lowest BCUT2D eigenvalue weighted by Crippen LogP contribution is -2.11. The van der Waals surface area contributed by atoms with Crippen molar-refractivity contribution in [1.29, 1.82) is 5.41 Å². The monoisotopic (exact) mass is 381 g/mol. The Kier molecular flexibility index (Phi) is 3.18. The summed E-state index contributed by atoms with van der Waals surface area (Å²) in [6.45, 7) is 1.49. The normalized spacial score (nSPS) is 18.1. The fourth-order valence-electron chi connectivity index (χ4n) is 3.00. The molecular weight excluding hydrogens is 370 g/mol. The molecule has 2 heterocycles. The molecule has 0 fully saturated rings. The molecule has 4 rings (SSSR count). The van der Waals surface area contributed by atoms with E-state index in [9.17, 15) is 9.59 Å². The van der Waals surface area contributed by atoms with Crippen molar-refractivity contribution < 1.29 is 9.59 Å². The second-order valence-electron chi connectivity index (χ2n) is 5.68. The molecule has 0 saturated carbocycles. The molecular formula is C18H12BrN3O2. The molecule has 2 aromatic rings. The minimum Gasteiger partial charge on any atom is -0.353 e. The molecule has 5 nitrogen and oxygen atoms in total. The molecule has 0 unspecified atom stereocenters. The Morgan fingerprint density at radius 2 is 1.92 bits per heavy atom. The first-order valence-corrected chi connectivity index (χ1v) is 8.12. The van der Waals surface area contributed by atoms with E-state index in [2.05, 4.69) is 26.6 Å². The van der Waals surface area contributed by atoms with Crippen molar-refractivity contribution in [2.45, 2.75) is 6.92 Å². The SMILES string of the molecule is CC(=O)c1ccc2c(c1)C(=N)/C(=C1/C(=O)Nc3c(Br)cccc31)N2. The molecule has 2 aliphatic rings. The number of carbonyl (C=O) groups excluding carboxylic acids is 2. The second kappa shape index (κ2) is 5.14. The van der Waals surface area contributed by atoms with Crippen LogP contribution in [-0.2, 0) is 4.79 Å². The first-order chi connectivity index (χ1) is 11.5. The van der Waals surface area contributed by atoms with E-state index in [1.54, 1.807) is 18.2 Å². The molecule has 6 heteroatoms. The molecule has 1 amide bonds. The zero-order valence-electron chi connectivity index (χ0n) is 12.7. The van der Waals surface area contributed by atoms with Gasteiger partial charge in [-0.1, -0.05) is 12.1 Å². The van der Waals surface area contributed by atoms with Gasteiger partial charge in [0.05, 0.1) is 22.7 Å². The summed E-state index contributed by atoms with van der Waals surface area (Å²) in [7, 11) is 0. The van der Waals surface area contributed by atoms with Crippen molar-refractivity contribution in [3.8, 4) is 0 Å². The van der Waals surface area contributed by atoms with Crippen molar-refractivity contribution >= 4 is 50.3 Å². The maximum Gasteiger partial charge on any atom is 0.258 e. The van der Waals surface area contributed by atoms with Gasteiger partial charge in [0, 0.05) is 26.9 Å². The van der Waals surface area contributed by atoms with Crippen molar-refractivity contribution in [3.63, 3.8) is 0 Å². The van der Waals surface area contributed by atoms with E-state index in [0.717, 1.165) is 15.7 Å². The van der Waals surface area contributed by atoms with Gasteiger partial charge in [-0.05, 0) is 47.1 Å². The van der Waals surface area contributed by atoms with Crippen LogP contribution in [0.1, 0.15) is 28.4 Å². The van der Waals surface area contributed by atoms with Gasteiger partial charge in [0.2, 0.25) is 0 Å². The minimum atomic E-state index is -0.247. The zero-order chi connectivity index (χ0) is 17.0. The smallest absolute Gasteiger partial charge is 0.258 e. The average molecular weight is 382 g/mol. The van der Waals surface area contributed by atoms with Crippen LogP contribution in [0.2, 0.25) is 0 Å². The van der Waals surface area contributed by atoms with Gasteiger partial charge < -0.3 is 10.6 Å². The van der Waals surface area contributed by atoms with Crippen molar-refractivity contribution in [2.75, 3.05) is 10.6 Å². The van der Waals surface area contributed by atoms with E-state index < -0.39 is 0 Å². The lowest BCUT2D eigenvalue weighted by Gasteiger charge is -2.05. The van der Waals surface area contributed by atoms with Gasteiger partial charge >= 0.3 is 0 Å². The summed E-state index contributed by atoms with van der Waals surface area (Å²) in [6.07, 6.45) is 0. The van der Waals surface area contributed by atoms with Gasteiger partial charge in [0.1, 0.15) is 0 Å². The maximum atomic E-state index is 12.5. The molecule has 0 atom stereocenters. The summed E-state index contributed by atoms with van der Waals surface area (Å²) in [6, 6.07) is 10.7. The Labute approximate surface area is 146 Å². The van der Waals surface area contributed by atoms with Crippen LogP contribution in [0, 0.1) is 5.41 Å². The summed E-state index contributed by atoms with van der Waals surface area (Å²) in [4.78, 5) is 24.0. The van der Waals surface area contributed by atoms with Crippen LogP contribution in [0.4, 0.5) is 11.4 Å². The molecule has 0 spiro atoms. The maximum absolute atomic E-state index is 12.5. The Morgan fingerprint density at radius 1 is 1.12 bits per heavy atom. The van der Waals surface area contributed by atoms with Crippen molar-refractivity contribution in [1.82, 2.24) is 0 Å². The number of Topliss-reactive ketones (excluding diaryl/α,β-unsaturated/α-hetero) is 1. The lowest BCUT2D eigenvalue weighted by atomic mass is 10.00. The lowest BCUT2D eigenvalue weighted by molar-refractivity contribution is -0.110. The van der Waals surface area contributed by atoms with Gasteiger partial charge in [0.15, 0.2) is 5.78 Å². The van der Waals surface area contributed by atoms with Crippen molar-refractivity contribution in [3.05, 3.63) is 63.3 Å². The van der Waals surface area contributed by atoms with Gasteiger partial charge in [-0.15, -0.1) is 0 Å². The standard InChI is InChI=1S/C18H12BrN3O2/c1-8(23)9-5-6-13-11(7-9)15(20)17(21-13)14-10-3-2-4-12(19)16(10)22-18(14)24/h2-7,20-21H,1H3,(H,22,24)/b17-14-,20-15?. The molecule has 24 heavy (non-hydrogen) atoms. The third kappa shape index (κ3) is 2.03. The molecule has 2 aromatic carbocycles. The van der Waals surface area contributed by atoms with Gasteiger partial charge in [-0.2, -0.15) is 0 Å². The number of allylic oxidation sites excluding steroid dienone is 1. The van der Waals surface area contributed by atoms with E-state index in [4.69, 9.17) is 5.41 Å². The number of para-hydroxylation sites is 1. The summed E-state index contributed by atoms with van der Waals surface area (Å²) < 4.78 is 0.796. The van der Waals surface area contributed by atoms with E-state index >= 15 is 0 Å². The Morgan fingerprint density at radius 3 is 2.67 bits per heavy atom. The Balaban J connectivity index is 1.89. The summed E-state index contributed by atoms with van der Waals surface area (Å²) >= 11 is 3.43. The summed E-state index contributed by atoms with van der Waals surface area (Å²) in [5.41, 5.74) is 4.47. The van der Waals surface area contributed by atoms with E-state index in [0.29, 0.717) is 28.1 Å². The number of ketones is 1. The third-order valence-electron chi connectivity index (χ3n) is 4.20. The Bertz CT molecular complexity index is 992. The van der Waals surface area contributed by atoms with Crippen LogP contribution in [0.5, 0.6) is 0 Å². The number of hydrogen-bond donors (Lipinski definition) is 3. The van der Waals surface area contributed by atoms with Gasteiger partial charge in [-0.25, -0.2) is 0 Å². The molecule has 0 saturated heterocycles. The number of hydrogen-bond acceptors (Lipinski definition) is 4. The number of nitrogens with one attached hydrogen (secondary N) is 3. The highest BCUT2D eigenvalue weighted by Gasteiger charge is 2.34. The van der Waals surface area contributed by atoms with E-state index in [-0.39, 0.29) is 17.4 Å². The molecule has 0 bridgehead atoms. The number of fused-ring (bicyclic) bond motifs is 2. The molecule has 0 aliphatic carbocycles. The highest BCUT2D eigenvalue weighted by Crippen LogP contribution is 2.41. The van der Waals surface area contributed by atoms with Crippen LogP contribution in [-0.4, -0.2) is 17.4 Å². The largest absolute Gasteiger partial charge is 0.353 e. The molecule has 118 valence electrons. The fourth-order valence-corrected chi connectivity index (χ4v) is 3.47. The number of benzene rings is 2. The van der Waals surface area contributed by atoms with Crippen LogP contribution >= 0.6 is 15.9 Å². The van der Waals surface area contributed by atoms with Gasteiger partial charge in [0.25, 0.3) is 5.91 Å². The first kappa shape index (κ1) is 14.8. The Hall–Kier alpha value is -2.73. The third-order valence-corrected chi connectivity index (χ3v) is 4.86. The van der Waals surface area contributed by atoms with Crippen LogP contribution in [0.25, 0.3) is 5.57 Å². The first-order valence-electron chi connectivity index (χ1n) is 7.33. The van der Waals surface area contributed by atoms with Gasteiger partial charge in [-0.3, -0.25) is 15.0 Å². The van der Waals surface area contributed by atoms with Crippen molar-refractivity contribution in [2.24, 2.45) is 0 Å². The second-order valence-corrected chi connectivity index (χ2v) is 6.54. The van der Waals surface area contributed by atoms with Crippen LogP contribution in [0.15, 0.2) is 46.6 Å². The van der Waals surface area contributed by atoms with E-state index in [1.165, 1.54) is 6.92 Å². The molecule has 2 aliphatic heterocycles. The topological polar surface area (TPSA) is 82.0 Å². The number of anilines is 2. The number of carbonyl (C=O) groups is 2. The molecule has 0 radical (unpaired) electrons. The van der Waals surface area contributed by atoms with Crippen LogP contribution < -0.4 is 10.6 Å². The highest BCUT2D eigenvalue weighted by atomic mass is 79.9. The predicted molar refractivity (Wildman–Crippen MR) is 96.6 cm³/mol. The summed E-state index contributed by atoms with van der Waals surface area (Å²) in [5.74, 6) is -0.302. The quantitative estimate of drug-likeness (QED) is 0.518. The van der Waals surface area contributed by atoms with E-state index in [1.807, 2.05) is 18.2 Å². The number of rotatable bonds is 1. The average Bonchev–Trinajstić information content (AvgIpc) is 3.05. The fraction of sp³-hybridized carbons (Fsp3) is 0.0556. The number of amides is 1. The summed E-state index contributed by atoms with van der Waals surface area (Å²) in [5, 5.41) is 14.4. The predicted octanol–water partition coefficient (Wildman–Crippen LogP) is 3.81. The minimum absolute atomic E-state index is 0.0559. The highest BCUT2D eigenvalue weighted by molar-refractivity contribution is 9.10. The zero-order valence-corrected chi connectivity index (χ0v) is 14.2. The molecule has 3 N–H and O–H groups in total. The van der Waals surface area contributed by atoms with Crippen LogP contribution in [0.3, 0.4) is 0 Å². The molecule has 0 aromatic heterocycles. The number of halogens is 1.